The van der Waals surface area contributed by atoms with Crippen LogP contribution in [0.15, 0.2) is 0 Å². The third-order valence-corrected chi connectivity index (χ3v) is 1.76. The van der Waals surface area contributed by atoms with Gasteiger partial charge in [-0.3, -0.25) is 9.59 Å². The summed E-state index contributed by atoms with van der Waals surface area (Å²) in [4.78, 5) is 20.7. The van der Waals surface area contributed by atoms with Gasteiger partial charge in [-0.05, 0) is 0 Å². The molecular weight excluding hydrogens is 150 g/mol. The predicted octanol–water partition coefficient (Wildman–Crippen LogP) is 0.530. The molecule has 0 aromatic carbocycles. The largest absolute Gasteiger partial charge is 0.370 e. The van der Waals surface area contributed by atoms with Crippen molar-refractivity contribution in [2.75, 3.05) is 0 Å². The maximum Gasteiger partial charge on any atom is 0.218 e. The molecule has 0 aromatic heterocycles. The number of amides is 1. The zero-order chi connectivity index (χ0) is 8.15. The molecule has 0 aliphatic heterocycles. The van der Waals surface area contributed by atoms with Crippen molar-refractivity contribution in [3.8, 4) is 0 Å². The van der Waals surface area contributed by atoms with E-state index in [-0.39, 0.29) is 22.7 Å². The lowest BCUT2D eigenvalue weighted by Gasteiger charge is -2.03. The molecule has 0 unspecified atom stereocenters. The number of hydrogen-bond acceptors (Lipinski definition) is 3. The molecule has 0 aliphatic carbocycles. The quantitative estimate of drug-likeness (QED) is 0.656. The molecule has 58 valence electrons. The summed E-state index contributed by atoms with van der Waals surface area (Å²) in [7, 11) is 0. The molecule has 1 atom stereocenters. The van der Waals surface area contributed by atoms with Gasteiger partial charge in [-0.2, -0.15) is 0 Å². The Kier molecular flexibility index (Phi) is 4.11. The van der Waals surface area contributed by atoms with Gasteiger partial charge in [-0.15, -0.1) is 0 Å². The first-order valence-corrected chi connectivity index (χ1v) is 3.86. The minimum Gasteiger partial charge on any atom is -0.370 e. The van der Waals surface area contributed by atoms with Crippen molar-refractivity contribution in [1.82, 2.24) is 0 Å². The summed E-state index contributed by atoms with van der Waals surface area (Å²) < 4.78 is 0. The van der Waals surface area contributed by atoms with Crippen molar-refractivity contribution >= 4 is 22.8 Å². The Balaban J connectivity index is 3.53. The molecule has 0 aromatic rings. The van der Waals surface area contributed by atoms with Crippen molar-refractivity contribution in [3.63, 3.8) is 0 Å². The van der Waals surface area contributed by atoms with Crippen LogP contribution in [0.2, 0.25) is 0 Å². The third-order valence-electron chi connectivity index (χ3n) is 0.856. The van der Waals surface area contributed by atoms with E-state index in [2.05, 4.69) is 0 Å². The molecule has 0 spiro atoms. The molecule has 0 saturated heterocycles. The molecule has 0 radical (unpaired) electrons. The highest BCUT2D eigenvalue weighted by Gasteiger charge is 2.08. The van der Waals surface area contributed by atoms with Crippen molar-refractivity contribution < 1.29 is 9.59 Å². The van der Waals surface area contributed by atoms with Gasteiger partial charge in [0.1, 0.15) is 0 Å². The van der Waals surface area contributed by atoms with E-state index >= 15 is 0 Å². The number of thioether (sulfide) groups is 1. The number of nitrogens with two attached hydrogens (primary N) is 1. The van der Waals surface area contributed by atoms with Gasteiger partial charge in [0.05, 0.1) is 0 Å². The van der Waals surface area contributed by atoms with Gasteiger partial charge in [-0.1, -0.05) is 18.7 Å². The van der Waals surface area contributed by atoms with E-state index in [4.69, 9.17) is 5.73 Å². The van der Waals surface area contributed by atoms with E-state index in [1.165, 1.54) is 6.92 Å². The maximum atomic E-state index is 10.4. The van der Waals surface area contributed by atoms with Crippen LogP contribution in [0.4, 0.5) is 0 Å². The molecule has 0 bridgehead atoms. The zero-order valence-electron chi connectivity index (χ0n) is 6.09. The van der Waals surface area contributed by atoms with Crippen LogP contribution in [0.25, 0.3) is 0 Å². The van der Waals surface area contributed by atoms with Crippen molar-refractivity contribution in [3.05, 3.63) is 0 Å². The Morgan fingerprint density at radius 2 is 2.10 bits per heavy atom. The van der Waals surface area contributed by atoms with Crippen molar-refractivity contribution in [1.29, 1.82) is 0 Å². The third kappa shape index (κ3) is 5.62. The number of carbonyl (C=O) groups is 2. The first kappa shape index (κ1) is 9.49. The fraction of sp³-hybridized carbons (Fsp3) is 0.667. The van der Waals surface area contributed by atoms with Gasteiger partial charge in [0.25, 0.3) is 0 Å². The maximum absolute atomic E-state index is 10.4. The Morgan fingerprint density at radius 3 is 2.40 bits per heavy atom. The van der Waals surface area contributed by atoms with Crippen LogP contribution in [0.5, 0.6) is 0 Å². The van der Waals surface area contributed by atoms with Crippen molar-refractivity contribution in [2.45, 2.75) is 25.5 Å². The lowest BCUT2D eigenvalue weighted by molar-refractivity contribution is -0.117. The predicted molar refractivity (Wildman–Crippen MR) is 41.5 cm³/mol. The summed E-state index contributed by atoms with van der Waals surface area (Å²) in [6.07, 6.45) is 0.268. The number of primary amides is 1. The van der Waals surface area contributed by atoms with Gasteiger partial charge in [0.2, 0.25) is 5.91 Å². The normalized spacial score (nSPS) is 12.6. The molecule has 4 heteroatoms. The highest BCUT2D eigenvalue weighted by Crippen LogP contribution is 2.13. The van der Waals surface area contributed by atoms with Gasteiger partial charge < -0.3 is 5.73 Å². The molecule has 0 aliphatic rings. The lowest BCUT2D eigenvalue weighted by atomic mass is 10.3. The summed E-state index contributed by atoms with van der Waals surface area (Å²) in [5.41, 5.74) is 4.91. The summed E-state index contributed by atoms with van der Waals surface area (Å²) in [6, 6.07) is 0. The van der Waals surface area contributed by atoms with Gasteiger partial charge >= 0.3 is 0 Å². The van der Waals surface area contributed by atoms with E-state index in [9.17, 15) is 9.59 Å². The smallest absolute Gasteiger partial charge is 0.218 e. The summed E-state index contributed by atoms with van der Waals surface area (Å²) in [5, 5.41) is 0.0312. The van der Waals surface area contributed by atoms with Crippen LogP contribution in [-0.4, -0.2) is 16.3 Å². The average molecular weight is 161 g/mol. The van der Waals surface area contributed by atoms with Crippen molar-refractivity contribution in [2.24, 2.45) is 5.73 Å². The fourth-order valence-electron chi connectivity index (χ4n) is 0.608. The van der Waals surface area contributed by atoms with Crippen LogP contribution in [0.1, 0.15) is 20.3 Å². The van der Waals surface area contributed by atoms with Crippen LogP contribution < -0.4 is 5.73 Å². The summed E-state index contributed by atoms with van der Waals surface area (Å²) >= 11 is 1.14. The van der Waals surface area contributed by atoms with E-state index in [1.807, 2.05) is 0 Å². The minimum atomic E-state index is -0.360. The number of rotatable bonds is 3. The monoisotopic (exact) mass is 161 g/mol. The van der Waals surface area contributed by atoms with Gasteiger partial charge in [0, 0.05) is 18.6 Å². The second-order valence-electron chi connectivity index (χ2n) is 2.09. The molecule has 3 nitrogen and oxygen atoms in total. The SMILES string of the molecule is CC(=O)S[C@@H](C)CC(N)=O. The molecule has 1 amide bonds. The average Bonchev–Trinajstić information content (AvgIpc) is 1.58. The molecule has 0 heterocycles. The molecule has 0 rings (SSSR count). The standard InChI is InChI=1S/C6H11NO2S/c1-4(3-6(7)9)10-5(2)8/h4H,3H2,1-2H3,(H2,7,9)/t4-/m0/s1. The van der Waals surface area contributed by atoms with Crippen LogP contribution in [0.3, 0.4) is 0 Å². The van der Waals surface area contributed by atoms with E-state index in [1.54, 1.807) is 6.92 Å². The highest BCUT2D eigenvalue weighted by atomic mass is 32.2. The molecule has 0 saturated carbocycles. The lowest BCUT2D eigenvalue weighted by Crippen LogP contribution is -2.16. The van der Waals surface area contributed by atoms with Crippen LogP contribution in [0, 0.1) is 0 Å². The molecule has 10 heavy (non-hydrogen) atoms. The van der Waals surface area contributed by atoms with E-state index < -0.39 is 0 Å². The highest BCUT2D eigenvalue weighted by molar-refractivity contribution is 8.14. The van der Waals surface area contributed by atoms with Gasteiger partial charge in [-0.25, -0.2) is 0 Å². The first-order chi connectivity index (χ1) is 4.52. The molecule has 0 fully saturated rings. The van der Waals surface area contributed by atoms with E-state index in [0.717, 1.165) is 11.8 Å². The summed E-state index contributed by atoms with van der Waals surface area (Å²) in [5.74, 6) is -0.360. The molecule has 2 N–H and O–H groups in total. The Hall–Kier alpha value is -0.510. The first-order valence-electron chi connectivity index (χ1n) is 2.98. The topological polar surface area (TPSA) is 60.2 Å². The Morgan fingerprint density at radius 1 is 1.60 bits per heavy atom. The fourth-order valence-corrected chi connectivity index (χ4v) is 1.42. The zero-order valence-corrected chi connectivity index (χ0v) is 6.90. The number of carbonyl (C=O) groups excluding carboxylic acids is 2. The van der Waals surface area contributed by atoms with Crippen LogP contribution >= 0.6 is 11.8 Å². The minimum absolute atomic E-state index is 0.00926. The number of hydrogen-bond donors (Lipinski definition) is 1. The van der Waals surface area contributed by atoms with Gasteiger partial charge in [0.15, 0.2) is 5.12 Å². The Labute approximate surface area is 64.4 Å². The van der Waals surface area contributed by atoms with E-state index in [0.29, 0.717) is 0 Å². The second-order valence-corrected chi connectivity index (χ2v) is 3.71. The summed E-state index contributed by atoms with van der Waals surface area (Å²) in [6.45, 7) is 3.28. The second kappa shape index (κ2) is 4.33. The van der Waals surface area contributed by atoms with Crippen LogP contribution in [-0.2, 0) is 9.59 Å². The molecular formula is C6H11NO2S. The Bertz CT molecular complexity index is 131.